The molecule has 1 aliphatic carbocycles. The third-order valence-corrected chi connectivity index (χ3v) is 5.24. The van der Waals surface area contributed by atoms with Gasteiger partial charge in [-0.2, -0.15) is 0 Å². The van der Waals surface area contributed by atoms with E-state index in [0.717, 1.165) is 33.3 Å². The van der Waals surface area contributed by atoms with Crippen molar-refractivity contribution in [3.8, 4) is 0 Å². The van der Waals surface area contributed by atoms with Gasteiger partial charge in [-0.15, -0.1) is 0 Å². The van der Waals surface area contributed by atoms with Crippen LogP contribution in [0.4, 0.5) is 5.69 Å². The highest BCUT2D eigenvalue weighted by atomic mass is 16.3. The van der Waals surface area contributed by atoms with Gasteiger partial charge in [0, 0.05) is 46.9 Å². The van der Waals surface area contributed by atoms with Gasteiger partial charge >= 0.3 is 0 Å². The summed E-state index contributed by atoms with van der Waals surface area (Å²) in [6, 6.07) is 15.6. The van der Waals surface area contributed by atoms with Gasteiger partial charge in [0.15, 0.2) is 12.0 Å². The maximum absolute atomic E-state index is 13.0. The molecule has 0 fully saturated rings. The van der Waals surface area contributed by atoms with Gasteiger partial charge in [0.05, 0.1) is 11.1 Å². The first kappa shape index (κ1) is 14.9. The molecule has 26 heavy (non-hydrogen) atoms. The molecule has 2 heterocycles. The van der Waals surface area contributed by atoms with Crippen LogP contribution in [0.2, 0.25) is 0 Å². The van der Waals surface area contributed by atoms with E-state index in [4.69, 9.17) is 0 Å². The second kappa shape index (κ2) is 5.05. The number of rotatable bonds is 1. The van der Waals surface area contributed by atoms with E-state index in [1.54, 1.807) is 0 Å². The number of aromatic nitrogens is 1. The van der Waals surface area contributed by atoms with E-state index >= 15 is 0 Å². The van der Waals surface area contributed by atoms with Crippen LogP contribution in [0.3, 0.4) is 0 Å². The van der Waals surface area contributed by atoms with Gasteiger partial charge in [0.25, 0.3) is 0 Å². The maximum Gasteiger partial charge on any atom is 0.213 e. The zero-order valence-corrected chi connectivity index (χ0v) is 14.5. The third kappa shape index (κ3) is 1.78. The lowest BCUT2D eigenvalue weighted by Crippen LogP contribution is -2.30. The highest BCUT2D eigenvalue weighted by Gasteiger charge is 2.36. The van der Waals surface area contributed by atoms with Crippen molar-refractivity contribution in [1.82, 2.24) is 4.57 Å². The fourth-order valence-electron chi connectivity index (χ4n) is 3.96. The second-order valence-corrected chi connectivity index (χ2v) is 6.75. The first-order valence-corrected chi connectivity index (χ1v) is 8.50. The summed E-state index contributed by atoms with van der Waals surface area (Å²) in [5, 5.41) is 13.9. The molecule has 0 atom stereocenters. The summed E-state index contributed by atoms with van der Waals surface area (Å²) in [7, 11) is 3.85. The van der Waals surface area contributed by atoms with E-state index < -0.39 is 0 Å². The van der Waals surface area contributed by atoms with Crippen molar-refractivity contribution in [1.29, 1.82) is 0 Å². The molecular weight excluding hydrogens is 324 g/mol. The summed E-state index contributed by atoms with van der Waals surface area (Å²) in [6.45, 7) is 0. The highest BCUT2D eigenvalue weighted by Crippen LogP contribution is 2.43. The van der Waals surface area contributed by atoms with E-state index in [9.17, 15) is 9.90 Å². The average Bonchev–Trinajstić information content (AvgIpc) is 3.14. The number of carbonyl (C=O) groups is 1. The van der Waals surface area contributed by atoms with E-state index in [1.807, 2.05) is 84.2 Å². The normalized spacial score (nSPS) is 19.0. The number of hydrogen-bond donors (Lipinski definition) is 0. The summed E-state index contributed by atoms with van der Waals surface area (Å²) in [5.74, 6) is -0.328. The standard InChI is InChI=1S/C22H16N2O2/c1-23-11-15(13-7-3-5-9-17(13)23)19-21(25)20(22(19)26)16-12-24(2)18-10-6-4-8-14(16)18/h3-12H,1-2H3. The molecule has 0 amide bonds. The zero-order chi connectivity index (χ0) is 18.0. The van der Waals surface area contributed by atoms with Crippen molar-refractivity contribution in [3.05, 3.63) is 77.2 Å². The molecule has 4 heteroatoms. The number of fused-ring (bicyclic) bond motifs is 2. The number of carbonyl (C=O) groups excluding carboxylic acids is 1. The van der Waals surface area contributed by atoms with E-state index in [0.29, 0.717) is 11.1 Å². The molecule has 5 rings (SSSR count). The molecule has 3 aromatic rings. The molecule has 126 valence electrons. The summed E-state index contributed by atoms with van der Waals surface area (Å²) in [6.07, 6.45) is 3.74. The van der Waals surface area contributed by atoms with Crippen molar-refractivity contribution in [3.63, 3.8) is 0 Å². The second-order valence-electron chi connectivity index (χ2n) is 6.75. The Kier molecular flexibility index (Phi) is 2.89. The molecule has 2 aromatic carbocycles. The number of Topliss-reactive ketones (excluding diaryl/α,β-unsaturated/α-hetero) is 1. The molecule has 0 radical (unpaired) electrons. The molecular formula is C22H16N2O2. The molecule has 4 nitrogen and oxygen atoms in total. The lowest BCUT2D eigenvalue weighted by molar-refractivity contribution is -0.395. The molecule has 1 aromatic heterocycles. The van der Waals surface area contributed by atoms with E-state index in [2.05, 4.69) is 0 Å². The van der Waals surface area contributed by atoms with Crippen molar-refractivity contribution in [2.24, 2.45) is 7.05 Å². The Morgan fingerprint density at radius 2 is 1.69 bits per heavy atom. The van der Waals surface area contributed by atoms with Crippen LogP contribution in [0.25, 0.3) is 22.0 Å². The quantitative estimate of drug-likeness (QED) is 0.505. The maximum atomic E-state index is 13.0. The molecule has 0 saturated heterocycles. The summed E-state index contributed by atoms with van der Waals surface area (Å²) < 4.78 is 3.91. The highest BCUT2D eigenvalue weighted by molar-refractivity contribution is 6.45. The van der Waals surface area contributed by atoms with Crippen molar-refractivity contribution < 1.29 is 14.5 Å². The number of hydrogen-bond acceptors (Lipinski definition) is 2. The number of aryl methyl sites for hydroxylation is 1. The first-order valence-electron chi connectivity index (χ1n) is 8.50. The summed E-state index contributed by atoms with van der Waals surface area (Å²) in [4.78, 5) is 13.0. The predicted octanol–water partition coefficient (Wildman–Crippen LogP) is 2.64. The lowest BCUT2D eigenvalue weighted by atomic mass is 9.80. The number of para-hydroxylation sites is 2. The van der Waals surface area contributed by atoms with E-state index in [-0.39, 0.29) is 11.5 Å². The molecule has 0 N–H and O–H groups in total. The topological polar surface area (TPSA) is 48.1 Å². The van der Waals surface area contributed by atoms with Crippen molar-refractivity contribution in [2.45, 2.75) is 0 Å². The third-order valence-electron chi connectivity index (χ3n) is 5.24. The molecule has 0 unspecified atom stereocenters. The van der Waals surface area contributed by atoms with E-state index in [1.165, 1.54) is 0 Å². The van der Waals surface area contributed by atoms with Gasteiger partial charge < -0.3 is 9.67 Å². The number of benzene rings is 2. The SMILES string of the molecule is Cn1cc(C2=C([O-])/C(=C3\C=[N+](C)c4ccccc43)C2=O)c2ccccc21. The van der Waals surface area contributed by atoms with Crippen LogP contribution < -0.4 is 5.11 Å². The molecule has 1 aliphatic heterocycles. The summed E-state index contributed by atoms with van der Waals surface area (Å²) >= 11 is 0. The van der Waals surface area contributed by atoms with Crippen LogP contribution in [-0.4, -0.2) is 28.2 Å². The summed E-state index contributed by atoms with van der Waals surface area (Å²) in [5.41, 5.74) is 4.99. The minimum absolute atomic E-state index is 0.164. The van der Waals surface area contributed by atoms with Gasteiger partial charge in [-0.25, -0.2) is 4.58 Å². The van der Waals surface area contributed by atoms with Gasteiger partial charge in [0.1, 0.15) is 7.05 Å². The van der Waals surface area contributed by atoms with Crippen LogP contribution in [0, 0.1) is 0 Å². The predicted molar refractivity (Wildman–Crippen MR) is 100 cm³/mol. The Hall–Kier alpha value is -3.40. The van der Waals surface area contributed by atoms with Gasteiger partial charge in [-0.1, -0.05) is 36.1 Å². The van der Waals surface area contributed by atoms with Crippen LogP contribution in [0.1, 0.15) is 11.1 Å². The first-order chi connectivity index (χ1) is 12.6. The molecule has 2 aliphatic rings. The monoisotopic (exact) mass is 340 g/mol. The van der Waals surface area contributed by atoms with Gasteiger partial charge in [-0.3, -0.25) is 4.79 Å². The largest absolute Gasteiger partial charge is 0.871 e. The minimum atomic E-state index is -0.164. The molecule has 0 saturated carbocycles. The van der Waals surface area contributed by atoms with Gasteiger partial charge in [-0.05, 0) is 12.1 Å². The van der Waals surface area contributed by atoms with Crippen molar-refractivity contribution >= 4 is 39.7 Å². The molecule has 0 spiro atoms. The van der Waals surface area contributed by atoms with Crippen LogP contribution in [0.5, 0.6) is 0 Å². The van der Waals surface area contributed by atoms with Crippen LogP contribution >= 0.6 is 0 Å². The number of allylic oxidation sites excluding steroid dienone is 3. The van der Waals surface area contributed by atoms with Crippen molar-refractivity contribution in [2.75, 3.05) is 7.05 Å². The smallest absolute Gasteiger partial charge is 0.213 e. The Morgan fingerprint density at radius 1 is 0.962 bits per heavy atom. The Labute approximate surface area is 150 Å². The molecule has 0 bridgehead atoms. The number of nitrogens with zero attached hydrogens (tertiary/aromatic N) is 2. The Bertz CT molecular complexity index is 1220. The fraction of sp³-hybridized carbons (Fsp3) is 0.0909. The van der Waals surface area contributed by atoms with Gasteiger partial charge in [0.2, 0.25) is 5.69 Å². The lowest BCUT2D eigenvalue weighted by Gasteiger charge is -2.31. The van der Waals surface area contributed by atoms with Crippen LogP contribution in [0.15, 0.2) is 66.1 Å². The Morgan fingerprint density at radius 3 is 2.50 bits per heavy atom. The minimum Gasteiger partial charge on any atom is -0.871 e. The number of ketones is 1. The van der Waals surface area contributed by atoms with Crippen LogP contribution in [-0.2, 0) is 11.8 Å². The zero-order valence-electron chi connectivity index (χ0n) is 14.5. The average molecular weight is 340 g/mol. The fourth-order valence-corrected chi connectivity index (χ4v) is 3.96. The Balaban J connectivity index is 1.73.